The second kappa shape index (κ2) is 8.67. The first kappa shape index (κ1) is 19.6. The van der Waals surface area contributed by atoms with Crippen molar-refractivity contribution in [1.29, 1.82) is 0 Å². The Bertz CT molecular complexity index is 906. The molecule has 0 saturated heterocycles. The largest absolute Gasteiger partial charge is 0.326 e. The lowest BCUT2D eigenvalue weighted by molar-refractivity contribution is -0.116. The lowest BCUT2D eigenvalue weighted by Crippen LogP contribution is -2.28. The maximum atomic E-state index is 12.5. The smallest absolute Gasteiger partial charge is 0.240 e. The fourth-order valence-electron chi connectivity index (χ4n) is 3.31. The van der Waals surface area contributed by atoms with E-state index in [9.17, 15) is 13.2 Å². The number of nitrogens with one attached hydrogen (secondary N) is 2. The minimum Gasteiger partial charge on any atom is -0.326 e. The molecule has 0 aliphatic heterocycles. The van der Waals surface area contributed by atoms with Crippen LogP contribution in [0.3, 0.4) is 0 Å². The van der Waals surface area contributed by atoms with Crippen LogP contribution in [0.15, 0.2) is 47.4 Å². The van der Waals surface area contributed by atoms with Crippen molar-refractivity contribution in [2.45, 2.75) is 50.3 Å². The fourth-order valence-corrected chi connectivity index (χ4v) is 4.39. The molecule has 1 aliphatic carbocycles. The lowest BCUT2D eigenvalue weighted by atomic mass is 9.92. The number of carbonyl (C=O) groups is 1. The summed E-state index contributed by atoms with van der Waals surface area (Å²) >= 11 is 0. The number of hydrogen-bond donors (Lipinski definition) is 2. The van der Waals surface area contributed by atoms with Gasteiger partial charge >= 0.3 is 0 Å². The number of benzene rings is 2. The van der Waals surface area contributed by atoms with Gasteiger partial charge in [0.2, 0.25) is 15.9 Å². The Morgan fingerprint density at radius 1 is 1.00 bits per heavy atom. The molecular formula is C21H26N2O3S. The Morgan fingerprint density at radius 2 is 1.70 bits per heavy atom. The van der Waals surface area contributed by atoms with Gasteiger partial charge in [-0.1, -0.05) is 25.1 Å². The predicted octanol–water partition coefficient (Wildman–Crippen LogP) is 3.43. The van der Waals surface area contributed by atoms with Crippen LogP contribution in [0, 0.1) is 0 Å². The molecule has 0 aromatic heterocycles. The molecule has 6 heteroatoms. The highest BCUT2D eigenvalue weighted by atomic mass is 32.2. The van der Waals surface area contributed by atoms with Crippen molar-refractivity contribution in [3.63, 3.8) is 0 Å². The third-order valence-corrected chi connectivity index (χ3v) is 6.38. The molecule has 2 aromatic carbocycles. The van der Waals surface area contributed by atoms with Crippen molar-refractivity contribution in [2.24, 2.45) is 0 Å². The van der Waals surface area contributed by atoms with Crippen LogP contribution in [0.1, 0.15) is 42.9 Å². The van der Waals surface area contributed by atoms with Gasteiger partial charge in [-0.05, 0) is 73.1 Å². The number of hydrogen-bond acceptors (Lipinski definition) is 3. The van der Waals surface area contributed by atoms with Crippen molar-refractivity contribution >= 4 is 21.6 Å². The Balaban J connectivity index is 1.53. The van der Waals surface area contributed by atoms with Crippen LogP contribution in [0.2, 0.25) is 0 Å². The Kier molecular flexibility index (Phi) is 6.29. The zero-order chi connectivity index (χ0) is 19.3. The van der Waals surface area contributed by atoms with E-state index in [4.69, 9.17) is 0 Å². The van der Waals surface area contributed by atoms with E-state index in [1.807, 2.05) is 30.3 Å². The van der Waals surface area contributed by atoms with Crippen LogP contribution < -0.4 is 10.0 Å². The second-order valence-corrected chi connectivity index (χ2v) is 8.65. The van der Waals surface area contributed by atoms with Gasteiger partial charge in [0.25, 0.3) is 0 Å². The number of amides is 1. The summed E-state index contributed by atoms with van der Waals surface area (Å²) < 4.78 is 27.5. The van der Waals surface area contributed by atoms with E-state index in [0.717, 1.165) is 43.4 Å². The summed E-state index contributed by atoms with van der Waals surface area (Å²) in [6.45, 7) is 2.14. The lowest BCUT2D eigenvalue weighted by Gasteiger charge is -2.16. The van der Waals surface area contributed by atoms with Crippen LogP contribution >= 0.6 is 0 Å². The van der Waals surface area contributed by atoms with Crippen molar-refractivity contribution in [3.05, 3.63) is 59.2 Å². The van der Waals surface area contributed by atoms with E-state index < -0.39 is 10.0 Å². The highest BCUT2D eigenvalue weighted by molar-refractivity contribution is 7.89. The van der Waals surface area contributed by atoms with Gasteiger partial charge in [0, 0.05) is 18.7 Å². The molecule has 1 amide bonds. The molecule has 0 saturated carbocycles. The van der Waals surface area contributed by atoms with Crippen LogP contribution in [-0.2, 0) is 34.1 Å². The molecule has 0 atom stereocenters. The normalized spacial score (nSPS) is 13.8. The third kappa shape index (κ3) is 5.17. The highest BCUT2D eigenvalue weighted by Crippen LogP contribution is 2.24. The van der Waals surface area contributed by atoms with E-state index in [0.29, 0.717) is 0 Å². The van der Waals surface area contributed by atoms with Crippen LogP contribution in [0.5, 0.6) is 0 Å². The standard InChI is InChI=1S/C21H26N2O3S/c1-2-16-7-10-19(11-8-16)23-21(24)13-14-22-27(25,26)20-12-9-17-5-3-4-6-18(17)15-20/h7-12,15,22H,2-6,13-14H2,1H3,(H,23,24). The molecule has 0 fully saturated rings. The Hall–Kier alpha value is -2.18. The first-order valence-electron chi connectivity index (χ1n) is 9.48. The minimum atomic E-state index is -3.60. The van der Waals surface area contributed by atoms with E-state index in [-0.39, 0.29) is 23.8 Å². The fraction of sp³-hybridized carbons (Fsp3) is 0.381. The summed E-state index contributed by atoms with van der Waals surface area (Å²) in [5.74, 6) is -0.215. The topological polar surface area (TPSA) is 75.3 Å². The second-order valence-electron chi connectivity index (χ2n) is 6.88. The van der Waals surface area contributed by atoms with Crippen molar-refractivity contribution in [3.8, 4) is 0 Å². The monoisotopic (exact) mass is 386 g/mol. The predicted molar refractivity (Wildman–Crippen MR) is 107 cm³/mol. The first-order chi connectivity index (χ1) is 13.0. The zero-order valence-corrected chi connectivity index (χ0v) is 16.4. The average Bonchev–Trinajstić information content (AvgIpc) is 2.68. The van der Waals surface area contributed by atoms with Gasteiger partial charge in [0.15, 0.2) is 0 Å². The summed E-state index contributed by atoms with van der Waals surface area (Å²) in [4.78, 5) is 12.3. The molecule has 0 spiro atoms. The number of aryl methyl sites for hydroxylation is 3. The summed E-state index contributed by atoms with van der Waals surface area (Å²) in [6, 6.07) is 13.0. The number of anilines is 1. The molecule has 0 radical (unpaired) electrons. The van der Waals surface area contributed by atoms with Crippen molar-refractivity contribution in [2.75, 3.05) is 11.9 Å². The molecule has 27 heavy (non-hydrogen) atoms. The van der Waals surface area contributed by atoms with Gasteiger partial charge < -0.3 is 5.32 Å². The summed E-state index contributed by atoms with van der Waals surface area (Å²) in [5.41, 5.74) is 4.28. The van der Waals surface area contributed by atoms with Crippen LogP contribution in [-0.4, -0.2) is 20.9 Å². The molecule has 3 rings (SSSR count). The van der Waals surface area contributed by atoms with Gasteiger partial charge in [-0.15, -0.1) is 0 Å². The number of rotatable bonds is 7. The van der Waals surface area contributed by atoms with E-state index in [1.165, 1.54) is 11.1 Å². The highest BCUT2D eigenvalue weighted by Gasteiger charge is 2.17. The van der Waals surface area contributed by atoms with Crippen molar-refractivity contribution < 1.29 is 13.2 Å². The summed E-state index contributed by atoms with van der Waals surface area (Å²) in [6.07, 6.45) is 5.23. The quantitative estimate of drug-likeness (QED) is 0.765. The maximum absolute atomic E-state index is 12.5. The third-order valence-electron chi connectivity index (χ3n) is 4.92. The van der Waals surface area contributed by atoms with Gasteiger partial charge in [-0.2, -0.15) is 0 Å². The van der Waals surface area contributed by atoms with Gasteiger partial charge in [-0.3, -0.25) is 4.79 Å². The van der Waals surface area contributed by atoms with E-state index >= 15 is 0 Å². The Morgan fingerprint density at radius 3 is 2.41 bits per heavy atom. The number of fused-ring (bicyclic) bond motifs is 1. The van der Waals surface area contributed by atoms with Crippen LogP contribution in [0.4, 0.5) is 5.69 Å². The van der Waals surface area contributed by atoms with E-state index in [2.05, 4.69) is 17.0 Å². The van der Waals surface area contributed by atoms with Crippen LogP contribution in [0.25, 0.3) is 0 Å². The van der Waals surface area contributed by atoms with Gasteiger partial charge in [0.05, 0.1) is 4.90 Å². The molecule has 144 valence electrons. The SMILES string of the molecule is CCc1ccc(NC(=O)CCNS(=O)(=O)c2ccc3c(c2)CCCC3)cc1. The Labute approximate surface area is 161 Å². The maximum Gasteiger partial charge on any atom is 0.240 e. The van der Waals surface area contributed by atoms with Gasteiger partial charge in [0.1, 0.15) is 0 Å². The molecule has 2 aromatic rings. The first-order valence-corrected chi connectivity index (χ1v) is 11.0. The molecule has 2 N–H and O–H groups in total. The molecular weight excluding hydrogens is 360 g/mol. The zero-order valence-electron chi connectivity index (χ0n) is 15.6. The number of carbonyl (C=O) groups excluding carboxylic acids is 1. The summed E-state index contributed by atoms with van der Waals surface area (Å²) in [7, 11) is -3.60. The minimum absolute atomic E-state index is 0.0678. The van der Waals surface area contributed by atoms with Gasteiger partial charge in [-0.25, -0.2) is 13.1 Å². The van der Waals surface area contributed by atoms with E-state index in [1.54, 1.807) is 12.1 Å². The summed E-state index contributed by atoms with van der Waals surface area (Å²) in [5, 5.41) is 2.79. The van der Waals surface area contributed by atoms with Crippen molar-refractivity contribution in [1.82, 2.24) is 4.72 Å². The number of sulfonamides is 1. The average molecular weight is 387 g/mol. The molecule has 5 nitrogen and oxygen atoms in total. The molecule has 1 aliphatic rings. The molecule has 0 heterocycles. The molecule has 0 bridgehead atoms. The molecule has 0 unspecified atom stereocenters.